The van der Waals surface area contributed by atoms with Gasteiger partial charge in [0.15, 0.2) is 0 Å². The molecule has 0 fully saturated rings. The summed E-state index contributed by atoms with van der Waals surface area (Å²) in [5.74, 6) is 0. The molecule has 0 saturated carbocycles. The minimum atomic E-state index is -4.45. The average Bonchev–Trinajstić information content (AvgIpc) is 2.40. The number of benzene rings is 2. The smallest absolute Gasteiger partial charge is 0.744 e. The van der Waals surface area contributed by atoms with Gasteiger partial charge in [-0.3, -0.25) is 0 Å². The van der Waals surface area contributed by atoms with E-state index in [0.717, 1.165) is 42.2 Å². The second-order valence-corrected chi connectivity index (χ2v) is 6.36. The van der Waals surface area contributed by atoms with E-state index in [-0.39, 0.29) is 56.3 Å². The average molecular weight is 330 g/mol. The largest absolute Gasteiger partial charge is 1.00 e. The summed E-state index contributed by atoms with van der Waals surface area (Å²) in [4.78, 5) is -0.0867. The predicted octanol–water partition coefficient (Wildman–Crippen LogP) is 0.653. The van der Waals surface area contributed by atoms with Gasteiger partial charge in [-0.25, -0.2) is 8.42 Å². The van der Waals surface area contributed by atoms with Gasteiger partial charge in [0.2, 0.25) is 0 Å². The molecule has 21 heavy (non-hydrogen) atoms. The van der Waals surface area contributed by atoms with Crippen LogP contribution in [0.1, 0.15) is 37.8 Å². The van der Waals surface area contributed by atoms with Crippen LogP contribution in [0.3, 0.4) is 0 Å². The van der Waals surface area contributed by atoms with Crippen molar-refractivity contribution in [2.45, 2.75) is 44.4 Å². The van der Waals surface area contributed by atoms with Crippen LogP contribution in [0.2, 0.25) is 0 Å². The van der Waals surface area contributed by atoms with Gasteiger partial charge in [0.05, 0.1) is 4.90 Å². The van der Waals surface area contributed by atoms with Crippen molar-refractivity contribution in [3.05, 3.63) is 41.5 Å². The third-order valence-corrected chi connectivity index (χ3v) is 4.37. The van der Waals surface area contributed by atoms with E-state index in [1.165, 1.54) is 6.07 Å². The summed E-state index contributed by atoms with van der Waals surface area (Å²) in [6, 6.07) is 9.00. The molecule has 0 aliphatic carbocycles. The maximum absolute atomic E-state index is 11.5. The second kappa shape index (κ2) is 8.20. The van der Waals surface area contributed by atoms with E-state index in [1.807, 2.05) is 19.1 Å². The zero-order valence-corrected chi connectivity index (χ0v) is 16.8. The van der Waals surface area contributed by atoms with Crippen molar-refractivity contribution in [1.82, 2.24) is 0 Å². The van der Waals surface area contributed by atoms with E-state index in [2.05, 4.69) is 13.0 Å². The van der Waals surface area contributed by atoms with Crippen LogP contribution < -0.4 is 51.4 Å². The van der Waals surface area contributed by atoms with Crippen LogP contribution in [-0.4, -0.2) is 13.0 Å². The molecular formula is C16H19KO3S. The van der Waals surface area contributed by atoms with Crippen molar-refractivity contribution in [2.75, 3.05) is 0 Å². The standard InChI is InChI=1S/C16H20O3S.K/c1-3-6-12-10-11-13(7-4-2)16-14(12)8-5-9-15(16)20(17,18)19;/h5,8-11H,3-4,6-7H2,1-2H3,(H,17,18,19);/q;+1/p-1. The Balaban J connectivity index is 0.00000220. The molecule has 0 atom stereocenters. The molecule has 0 radical (unpaired) electrons. The Kier molecular flexibility index (Phi) is 7.53. The molecule has 0 N–H and O–H groups in total. The van der Waals surface area contributed by atoms with Gasteiger partial charge in [-0.2, -0.15) is 0 Å². The van der Waals surface area contributed by atoms with Crippen molar-refractivity contribution >= 4 is 20.9 Å². The number of fused-ring (bicyclic) bond motifs is 1. The van der Waals surface area contributed by atoms with Crippen molar-refractivity contribution in [2.24, 2.45) is 0 Å². The quantitative estimate of drug-likeness (QED) is 0.597. The Bertz CT molecular complexity index is 724. The van der Waals surface area contributed by atoms with E-state index >= 15 is 0 Å². The van der Waals surface area contributed by atoms with Gasteiger partial charge in [-0.1, -0.05) is 51.0 Å². The predicted molar refractivity (Wildman–Crippen MR) is 79.9 cm³/mol. The topological polar surface area (TPSA) is 57.2 Å². The zero-order chi connectivity index (χ0) is 14.8. The summed E-state index contributed by atoms with van der Waals surface area (Å²) in [6.07, 6.45) is 3.55. The molecular weight excluding hydrogens is 311 g/mol. The Morgan fingerprint density at radius 3 is 2.10 bits per heavy atom. The molecule has 2 rings (SSSR count). The Morgan fingerprint density at radius 2 is 1.52 bits per heavy atom. The van der Waals surface area contributed by atoms with Crippen molar-refractivity contribution in [1.29, 1.82) is 0 Å². The third-order valence-electron chi connectivity index (χ3n) is 3.49. The van der Waals surface area contributed by atoms with Gasteiger partial charge in [0.25, 0.3) is 0 Å². The van der Waals surface area contributed by atoms with Gasteiger partial charge in [0, 0.05) is 5.39 Å². The first kappa shape index (κ1) is 19.3. The van der Waals surface area contributed by atoms with Crippen LogP contribution in [0.15, 0.2) is 35.2 Å². The first-order chi connectivity index (χ1) is 9.49. The van der Waals surface area contributed by atoms with E-state index in [9.17, 15) is 13.0 Å². The van der Waals surface area contributed by atoms with E-state index < -0.39 is 10.1 Å². The van der Waals surface area contributed by atoms with E-state index in [0.29, 0.717) is 5.39 Å². The van der Waals surface area contributed by atoms with Crippen LogP contribution >= 0.6 is 0 Å². The van der Waals surface area contributed by atoms with E-state index in [4.69, 9.17) is 0 Å². The molecule has 2 aromatic carbocycles. The second-order valence-electron chi connectivity index (χ2n) is 5.02. The summed E-state index contributed by atoms with van der Waals surface area (Å²) in [5.41, 5.74) is 2.05. The fourth-order valence-corrected chi connectivity index (χ4v) is 3.41. The van der Waals surface area contributed by atoms with Gasteiger partial charge >= 0.3 is 51.4 Å². The fraction of sp³-hybridized carbons (Fsp3) is 0.375. The summed E-state index contributed by atoms with van der Waals surface area (Å²) < 4.78 is 34.6. The molecule has 0 aromatic heterocycles. The fourth-order valence-electron chi connectivity index (χ4n) is 2.68. The number of aryl methyl sites for hydroxylation is 2. The van der Waals surface area contributed by atoms with Gasteiger partial charge in [-0.05, 0) is 35.4 Å². The van der Waals surface area contributed by atoms with Crippen LogP contribution in [0.5, 0.6) is 0 Å². The van der Waals surface area contributed by atoms with Gasteiger partial charge < -0.3 is 4.55 Å². The minimum Gasteiger partial charge on any atom is -0.744 e. The molecule has 0 aliphatic heterocycles. The van der Waals surface area contributed by atoms with E-state index in [1.54, 1.807) is 6.07 Å². The summed E-state index contributed by atoms with van der Waals surface area (Å²) in [7, 11) is -4.45. The Morgan fingerprint density at radius 1 is 0.952 bits per heavy atom. The molecule has 2 aromatic rings. The maximum atomic E-state index is 11.5. The molecule has 0 saturated heterocycles. The summed E-state index contributed by atoms with van der Waals surface area (Å²) in [6.45, 7) is 4.13. The maximum Gasteiger partial charge on any atom is 1.00 e. The first-order valence-electron chi connectivity index (χ1n) is 6.98. The molecule has 0 amide bonds. The van der Waals surface area contributed by atoms with Crippen molar-refractivity contribution in [3.63, 3.8) is 0 Å². The van der Waals surface area contributed by atoms with Crippen LogP contribution in [0, 0.1) is 0 Å². The molecule has 3 nitrogen and oxygen atoms in total. The monoisotopic (exact) mass is 330 g/mol. The van der Waals surface area contributed by atoms with Gasteiger partial charge in [-0.15, -0.1) is 0 Å². The minimum absolute atomic E-state index is 0. The van der Waals surface area contributed by atoms with Gasteiger partial charge in [0.1, 0.15) is 10.1 Å². The Hall–Kier alpha value is 0.246. The molecule has 0 aliphatic rings. The third kappa shape index (κ3) is 4.38. The summed E-state index contributed by atoms with van der Waals surface area (Å²) >= 11 is 0. The molecule has 0 spiro atoms. The Labute approximate surface area is 169 Å². The van der Waals surface area contributed by atoms with Crippen LogP contribution in [0.4, 0.5) is 0 Å². The zero-order valence-electron chi connectivity index (χ0n) is 12.8. The molecule has 0 bridgehead atoms. The number of hydrogen-bond donors (Lipinski definition) is 0. The molecule has 0 unspecified atom stereocenters. The molecule has 0 heterocycles. The van der Waals surface area contributed by atoms with Crippen molar-refractivity contribution in [3.8, 4) is 0 Å². The first-order valence-corrected chi connectivity index (χ1v) is 8.39. The summed E-state index contributed by atoms with van der Waals surface area (Å²) in [5, 5.41) is 1.52. The van der Waals surface area contributed by atoms with Crippen LogP contribution in [-0.2, 0) is 23.0 Å². The number of rotatable bonds is 5. The normalized spacial score (nSPS) is 11.4. The molecule has 5 heteroatoms. The SMILES string of the molecule is CCCc1ccc(CCC)c2c(S(=O)(=O)[O-])cccc12.[K+]. The van der Waals surface area contributed by atoms with Crippen LogP contribution in [0.25, 0.3) is 10.8 Å². The van der Waals surface area contributed by atoms with Crippen molar-refractivity contribution < 1.29 is 64.4 Å². The number of hydrogen-bond acceptors (Lipinski definition) is 3. The molecule has 108 valence electrons.